The highest BCUT2D eigenvalue weighted by molar-refractivity contribution is 7.09. The Morgan fingerprint density at radius 2 is 1.75 bits per heavy atom. The third-order valence-electron chi connectivity index (χ3n) is 5.20. The number of carbonyl (C=O) groups excluding carboxylic acids is 2. The maximum absolute atomic E-state index is 13.5. The first kappa shape index (κ1) is 22.0. The van der Waals surface area contributed by atoms with Gasteiger partial charge >= 0.3 is 6.03 Å². The fourth-order valence-corrected chi connectivity index (χ4v) is 4.11. The van der Waals surface area contributed by atoms with Gasteiger partial charge in [-0.25, -0.2) is 13.6 Å². The normalized spacial score (nSPS) is 12.9. The molecule has 32 heavy (non-hydrogen) atoms. The first-order chi connectivity index (χ1) is 15.5. The summed E-state index contributed by atoms with van der Waals surface area (Å²) in [5, 5.41) is 4.63. The molecule has 1 aromatic heterocycles. The Balaban J connectivity index is 1.48. The molecule has 3 aromatic rings. The average Bonchev–Trinajstić information content (AvgIpc) is 3.48. The molecule has 8 heteroatoms. The van der Waals surface area contributed by atoms with Crippen molar-refractivity contribution >= 4 is 29.0 Å². The average molecular weight is 456 g/mol. The van der Waals surface area contributed by atoms with Crippen LogP contribution in [-0.4, -0.2) is 34.3 Å². The van der Waals surface area contributed by atoms with Crippen molar-refractivity contribution in [2.45, 2.75) is 32.0 Å². The highest BCUT2D eigenvalue weighted by Crippen LogP contribution is 2.28. The van der Waals surface area contributed by atoms with Gasteiger partial charge in [0.1, 0.15) is 18.2 Å². The van der Waals surface area contributed by atoms with Gasteiger partial charge in [0.2, 0.25) is 5.91 Å². The molecule has 2 aromatic carbocycles. The van der Waals surface area contributed by atoms with Crippen LogP contribution in [0.2, 0.25) is 0 Å². The van der Waals surface area contributed by atoms with Gasteiger partial charge in [-0.2, -0.15) is 0 Å². The van der Waals surface area contributed by atoms with E-state index in [2.05, 4.69) is 5.32 Å². The fourth-order valence-electron chi connectivity index (χ4n) is 3.39. The molecule has 1 saturated carbocycles. The lowest BCUT2D eigenvalue weighted by molar-refractivity contribution is -0.133. The van der Waals surface area contributed by atoms with E-state index in [1.54, 1.807) is 34.4 Å². The molecule has 1 fully saturated rings. The molecule has 4 rings (SSSR count). The smallest absolute Gasteiger partial charge is 0.322 e. The summed E-state index contributed by atoms with van der Waals surface area (Å²) in [5.74, 6) is -0.985. The van der Waals surface area contributed by atoms with Crippen molar-refractivity contribution in [1.29, 1.82) is 0 Å². The van der Waals surface area contributed by atoms with Crippen LogP contribution in [-0.2, 0) is 17.9 Å². The third kappa shape index (κ3) is 5.91. The number of amides is 3. The summed E-state index contributed by atoms with van der Waals surface area (Å²) in [4.78, 5) is 30.3. The zero-order chi connectivity index (χ0) is 22.5. The summed E-state index contributed by atoms with van der Waals surface area (Å²) < 4.78 is 26.8. The van der Waals surface area contributed by atoms with Gasteiger partial charge < -0.3 is 15.1 Å². The Morgan fingerprint density at radius 3 is 2.41 bits per heavy atom. The molecule has 0 saturated heterocycles. The van der Waals surface area contributed by atoms with Gasteiger partial charge in [-0.1, -0.05) is 24.3 Å². The molecule has 0 spiro atoms. The lowest BCUT2D eigenvalue weighted by atomic mass is 10.2. The summed E-state index contributed by atoms with van der Waals surface area (Å²) in [6.45, 7) is 0.622. The summed E-state index contributed by atoms with van der Waals surface area (Å²) in [7, 11) is 0. The number of benzene rings is 2. The molecular formula is C24H23F2N3O2S. The van der Waals surface area contributed by atoms with E-state index in [-0.39, 0.29) is 24.3 Å². The fraction of sp³-hybridized carbons (Fsp3) is 0.250. The number of hydrogen-bond acceptors (Lipinski definition) is 3. The molecule has 0 bridgehead atoms. The minimum absolute atomic E-state index is 0.0121. The minimum Gasteiger partial charge on any atom is -0.332 e. The molecule has 1 heterocycles. The zero-order valence-corrected chi connectivity index (χ0v) is 18.2. The highest BCUT2D eigenvalue weighted by atomic mass is 32.1. The maximum atomic E-state index is 13.5. The number of thiophene rings is 1. The Bertz CT molecular complexity index is 1070. The van der Waals surface area contributed by atoms with Crippen LogP contribution in [0.5, 0.6) is 0 Å². The zero-order valence-electron chi connectivity index (χ0n) is 17.3. The van der Waals surface area contributed by atoms with Crippen molar-refractivity contribution in [1.82, 2.24) is 9.80 Å². The van der Waals surface area contributed by atoms with E-state index in [9.17, 15) is 18.4 Å². The van der Waals surface area contributed by atoms with Gasteiger partial charge in [0.15, 0.2) is 0 Å². The number of rotatable bonds is 8. The first-order valence-electron chi connectivity index (χ1n) is 10.4. The van der Waals surface area contributed by atoms with E-state index in [1.165, 1.54) is 35.2 Å². The Labute approximate surface area is 189 Å². The molecule has 0 aliphatic heterocycles. The molecule has 5 nitrogen and oxygen atoms in total. The van der Waals surface area contributed by atoms with Gasteiger partial charge in [0.25, 0.3) is 0 Å². The Morgan fingerprint density at radius 1 is 0.969 bits per heavy atom. The van der Waals surface area contributed by atoms with E-state index in [0.717, 1.165) is 23.3 Å². The predicted molar refractivity (Wildman–Crippen MR) is 120 cm³/mol. The van der Waals surface area contributed by atoms with Crippen LogP contribution in [0.1, 0.15) is 23.3 Å². The largest absolute Gasteiger partial charge is 0.332 e. The number of nitrogens with one attached hydrogen (secondary N) is 1. The number of anilines is 1. The number of carbonyl (C=O) groups is 2. The van der Waals surface area contributed by atoms with Gasteiger partial charge in [-0.3, -0.25) is 4.79 Å². The number of hydrogen-bond donors (Lipinski definition) is 1. The Hall–Kier alpha value is -3.26. The standard InChI is InChI=1S/C24H23F2N3O2S/c25-18-8-6-17(7-9-18)14-28(15-22-5-2-12-32-22)23(30)16-29(21-10-11-21)24(31)27-20-4-1-3-19(26)13-20/h1-9,12-13,21H,10-11,14-16H2,(H,27,31). The molecule has 166 valence electrons. The minimum atomic E-state index is -0.446. The number of halogens is 2. The lowest BCUT2D eigenvalue weighted by Gasteiger charge is -2.28. The lowest BCUT2D eigenvalue weighted by Crippen LogP contribution is -2.45. The predicted octanol–water partition coefficient (Wildman–Crippen LogP) is 5.25. The highest BCUT2D eigenvalue weighted by Gasteiger charge is 2.35. The third-order valence-corrected chi connectivity index (χ3v) is 6.06. The van der Waals surface area contributed by atoms with Crippen LogP contribution in [0, 0.1) is 11.6 Å². The second-order valence-electron chi connectivity index (χ2n) is 7.76. The van der Waals surface area contributed by atoms with Crippen LogP contribution < -0.4 is 5.32 Å². The van der Waals surface area contributed by atoms with Crippen molar-refractivity contribution in [2.24, 2.45) is 0 Å². The molecule has 1 aliphatic rings. The van der Waals surface area contributed by atoms with Crippen molar-refractivity contribution in [3.8, 4) is 0 Å². The summed E-state index contributed by atoms with van der Waals surface area (Å²) >= 11 is 1.55. The van der Waals surface area contributed by atoms with E-state index in [0.29, 0.717) is 18.8 Å². The Kier molecular flexibility index (Phi) is 6.80. The monoisotopic (exact) mass is 455 g/mol. The first-order valence-corrected chi connectivity index (χ1v) is 11.2. The van der Waals surface area contributed by atoms with Gasteiger partial charge in [-0.05, 0) is 60.2 Å². The second-order valence-corrected chi connectivity index (χ2v) is 8.79. The molecule has 0 unspecified atom stereocenters. The summed E-state index contributed by atoms with van der Waals surface area (Å²) in [6.07, 6.45) is 1.65. The molecule has 0 radical (unpaired) electrons. The van der Waals surface area contributed by atoms with Crippen LogP contribution in [0.15, 0.2) is 66.0 Å². The van der Waals surface area contributed by atoms with Crippen LogP contribution in [0.4, 0.5) is 19.3 Å². The molecule has 0 atom stereocenters. The molecule has 3 amide bonds. The SMILES string of the molecule is O=C(CN(C(=O)Nc1cccc(F)c1)C1CC1)N(Cc1ccc(F)cc1)Cc1cccs1. The van der Waals surface area contributed by atoms with Crippen LogP contribution in [0.3, 0.4) is 0 Å². The molecule has 1 N–H and O–H groups in total. The van der Waals surface area contributed by atoms with Crippen molar-refractivity contribution in [3.63, 3.8) is 0 Å². The van der Waals surface area contributed by atoms with E-state index in [4.69, 9.17) is 0 Å². The van der Waals surface area contributed by atoms with E-state index >= 15 is 0 Å². The topological polar surface area (TPSA) is 52.7 Å². The van der Waals surface area contributed by atoms with Gasteiger partial charge in [0.05, 0.1) is 6.54 Å². The van der Waals surface area contributed by atoms with Crippen molar-refractivity contribution in [3.05, 3.63) is 88.1 Å². The molecule has 1 aliphatic carbocycles. The summed E-state index contributed by atoms with van der Waals surface area (Å²) in [6, 6.07) is 15.1. The van der Waals surface area contributed by atoms with E-state index in [1.807, 2.05) is 17.5 Å². The quantitative estimate of drug-likeness (QED) is 0.504. The van der Waals surface area contributed by atoms with Crippen LogP contribution >= 0.6 is 11.3 Å². The van der Waals surface area contributed by atoms with Crippen molar-refractivity contribution < 1.29 is 18.4 Å². The second kappa shape index (κ2) is 9.91. The van der Waals surface area contributed by atoms with Crippen molar-refractivity contribution in [2.75, 3.05) is 11.9 Å². The number of urea groups is 1. The number of nitrogens with zero attached hydrogens (tertiary/aromatic N) is 2. The van der Waals surface area contributed by atoms with E-state index < -0.39 is 11.8 Å². The van der Waals surface area contributed by atoms with Crippen LogP contribution in [0.25, 0.3) is 0 Å². The molecular weight excluding hydrogens is 432 g/mol. The van der Waals surface area contributed by atoms with Gasteiger partial charge in [0, 0.05) is 23.2 Å². The maximum Gasteiger partial charge on any atom is 0.322 e. The summed E-state index contributed by atoms with van der Waals surface area (Å²) in [5.41, 5.74) is 1.15. The van der Waals surface area contributed by atoms with Gasteiger partial charge in [-0.15, -0.1) is 11.3 Å².